The summed E-state index contributed by atoms with van der Waals surface area (Å²) in [7, 11) is 1.55. The van der Waals surface area contributed by atoms with Gasteiger partial charge in [0.15, 0.2) is 5.75 Å². The molecule has 124 valence electrons. The van der Waals surface area contributed by atoms with Crippen LogP contribution in [0, 0.1) is 10.1 Å². The number of hydrogen-bond acceptors (Lipinski definition) is 5. The van der Waals surface area contributed by atoms with Crippen molar-refractivity contribution in [3.8, 4) is 5.75 Å². The zero-order valence-electron chi connectivity index (χ0n) is 13.0. The van der Waals surface area contributed by atoms with E-state index in [1.54, 1.807) is 24.1 Å². The number of fused-ring (bicyclic) bond motifs is 1. The summed E-state index contributed by atoms with van der Waals surface area (Å²) in [5.41, 5.74) is 1.12. The molecule has 1 amide bonds. The lowest BCUT2D eigenvalue weighted by Crippen LogP contribution is -2.42. The van der Waals surface area contributed by atoms with Gasteiger partial charge in [-0.2, -0.15) is 0 Å². The highest BCUT2D eigenvalue weighted by Crippen LogP contribution is 2.40. The van der Waals surface area contributed by atoms with E-state index in [0.29, 0.717) is 30.2 Å². The van der Waals surface area contributed by atoms with Crippen molar-refractivity contribution < 1.29 is 19.2 Å². The van der Waals surface area contributed by atoms with E-state index in [4.69, 9.17) is 9.47 Å². The van der Waals surface area contributed by atoms with E-state index in [9.17, 15) is 14.9 Å². The van der Waals surface area contributed by atoms with Gasteiger partial charge in [0.2, 0.25) is 6.10 Å². The Kier molecular flexibility index (Phi) is 4.43. The molecule has 0 N–H and O–H groups in total. The molecule has 7 heteroatoms. The topological polar surface area (TPSA) is 81.9 Å². The number of amides is 1. The van der Waals surface area contributed by atoms with E-state index < -0.39 is 11.0 Å². The lowest BCUT2D eigenvalue weighted by atomic mass is 10.1. The van der Waals surface area contributed by atoms with Gasteiger partial charge in [-0.1, -0.05) is 30.3 Å². The Balaban J connectivity index is 2.03. The Morgan fingerprint density at radius 3 is 2.67 bits per heavy atom. The quantitative estimate of drug-likeness (QED) is 0.622. The van der Waals surface area contributed by atoms with Crippen molar-refractivity contribution in [1.29, 1.82) is 0 Å². The van der Waals surface area contributed by atoms with Crippen molar-refractivity contribution in [1.82, 2.24) is 0 Å². The molecule has 1 aliphatic heterocycles. The van der Waals surface area contributed by atoms with Crippen molar-refractivity contribution in [2.24, 2.45) is 0 Å². The fourth-order valence-corrected chi connectivity index (χ4v) is 2.62. The van der Waals surface area contributed by atoms with Crippen LogP contribution in [0.25, 0.3) is 0 Å². The highest BCUT2D eigenvalue weighted by atomic mass is 16.6. The average molecular weight is 328 g/mol. The molecule has 0 aromatic heterocycles. The van der Waals surface area contributed by atoms with Crippen LogP contribution < -0.4 is 9.64 Å². The summed E-state index contributed by atoms with van der Waals surface area (Å²) < 4.78 is 10.9. The van der Waals surface area contributed by atoms with Crippen LogP contribution in [0.5, 0.6) is 5.75 Å². The Bertz CT molecular complexity index is 763. The molecular formula is C17H16N2O5. The molecule has 0 aliphatic carbocycles. The Morgan fingerprint density at radius 2 is 2.00 bits per heavy atom. The Labute approximate surface area is 138 Å². The van der Waals surface area contributed by atoms with E-state index in [0.717, 1.165) is 0 Å². The van der Waals surface area contributed by atoms with Gasteiger partial charge in [-0.15, -0.1) is 0 Å². The molecule has 24 heavy (non-hydrogen) atoms. The number of nitro benzene ring substituents is 1. The molecule has 0 radical (unpaired) electrons. The molecule has 2 aromatic rings. The first-order valence-electron chi connectivity index (χ1n) is 7.42. The molecule has 1 unspecified atom stereocenters. The molecule has 1 heterocycles. The summed E-state index contributed by atoms with van der Waals surface area (Å²) >= 11 is 0. The highest BCUT2D eigenvalue weighted by molar-refractivity contribution is 6.00. The molecular weight excluding hydrogens is 312 g/mol. The van der Waals surface area contributed by atoms with Crippen molar-refractivity contribution in [3.05, 3.63) is 64.2 Å². The van der Waals surface area contributed by atoms with Gasteiger partial charge < -0.3 is 14.4 Å². The number of nitro groups is 1. The summed E-state index contributed by atoms with van der Waals surface area (Å²) in [5, 5.41) is 11.0. The fraction of sp³-hybridized carbons (Fsp3) is 0.235. The number of nitrogens with zero attached hydrogens (tertiary/aromatic N) is 2. The zero-order chi connectivity index (χ0) is 17.1. The van der Waals surface area contributed by atoms with Gasteiger partial charge in [0.1, 0.15) is 0 Å². The molecule has 2 aromatic carbocycles. The monoisotopic (exact) mass is 328 g/mol. The first-order valence-corrected chi connectivity index (χ1v) is 7.42. The Morgan fingerprint density at radius 1 is 1.25 bits per heavy atom. The van der Waals surface area contributed by atoms with Crippen molar-refractivity contribution in [2.75, 3.05) is 25.2 Å². The zero-order valence-corrected chi connectivity index (χ0v) is 13.0. The van der Waals surface area contributed by atoms with Gasteiger partial charge >= 0.3 is 0 Å². The van der Waals surface area contributed by atoms with Crippen LogP contribution in [0.2, 0.25) is 0 Å². The number of carbonyl (C=O) groups excluding carboxylic acids is 1. The number of anilines is 1. The maximum atomic E-state index is 12.8. The first-order chi connectivity index (χ1) is 11.6. The second-order valence-corrected chi connectivity index (χ2v) is 5.30. The van der Waals surface area contributed by atoms with E-state index in [-0.39, 0.29) is 11.6 Å². The van der Waals surface area contributed by atoms with Gasteiger partial charge in [-0.25, -0.2) is 0 Å². The fourth-order valence-electron chi connectivity index (χ4n) is 2.62. The van der Waals surface area contributed by atoms with E-state index >= 15 is 0 Å². The number of hydrogen-bond donors (Lipinski definition) is 0. The minimum absolute atomic E-state index is 0.0818. The van der Waals surface area contributed by atoms with Gasteiger partial charge in [0.25, 0.3) is 11.6 Å². The molecule has 0 saturated carbocycles. The van der Waals surface area contributed by atoms with Crippen molar-refractivity contribution in [3.63, 3.8) is 0 Å². The summed E-state index contributed by atoms with van der Waals surface area (Å²) in [6, 6.07) is 13.3. The van der Waals surface area contributed by atoms with Gasteiger partial charge in [-0.05, 0) is 6.07 Å². The minimum atomic E-state index is -0.836. The molecule has 1 atom stereocenters. The third-order valence-corrected chi connectivity index (χ3v) is 3.80. The molecule has 3 rings (SSSR count). The summed E-state index contributed by atoms with van der Waals surface area (Å²) in [6.07, 6.45) is -0.836. The smallest absolute Gasteiger partial charge is 0.273 e. The van der Waals surface area contributed by atoms with Crippen LogP contribution in [-0.4, -0.2) is 31.1 Å². The summed E-state index contributed by atoms with van der Waals surface area (Å²) in [5.74, 6) is 0.0911. The van der Waals surface area contributed by atoms with Gasteiger partial charge in [0.05, 0.1) is 23.3 Å². The third-order valence-electron chi connectivity index (χ3n) is 3.80. The number of methoxy groups -OCH3 is 1. The molecule has 7 nitrogen and oxygen atoms in total. The molecule has 0 bridgehead atoms. The predicted molar refractivity (Wildman–Crippen MR) is 87.1 cm³/mol. The second kappa shape index (κ2) is 6.67. The lowest BCUT2D eigenvalue weighted by Gasteiger charge is -2.34. The van der Waals surface area contributed by atoms with Crippen LogP contribution in [0.1, 0.15) is 11.7 Å². The molecule has 0 saturated heterocycles. The SMILES string of the molecule is COCCN1C(=O)C(c2ccccc2)Oc2cc([N+](=O)[O-])ccc21. The lowest BCUT2D eigenvalue weighted by molar-refractivity contribution is -0.384. The second-order valence-electron chi connectivity index (χ2n) is 5.30. The normalized spacial score (nSPS) is 16.5. The third kappa shape index (κ3) is 2.93. The number of non-ortho nitro benzene ring substituents is 1. The largest absolute Gasteiger partial charge is 0.473 e. The van der Waals surface area contributed by atoms with E-state index in [1.807, 2.05) is 18.2 Å². The molecule has 1 aliphatic rings. The van der Waals surface area contributed by atoms with Crippen molar-refractivity contribution in [2.45, 2.75) is 6.10 Å². The van der Waals surface area contributed by atoms with E-state index in [1.165, 1.54) is 18.2 Å². The summed E-state index contributed by atoms with van der Waals surface area (Å²) in [6.45, 7) is 0.691. The maximum absolute atomic E-state index is 12.8. The predicted octanol–water partition coefficient (Wildman–Crippen LogP) is 2.71. The number of rotatable bonds is 5. The van der Waals surface area contributed by atoms with Gasteiger partial charge in [-0.3, -0.25) is 14.9 Å². The standard InChI is InChI=1S/C17H16N2O5/c1-23-10-9-18-14-8-7-13(19(21)22)11-15(14)24-16(17(18)20)12-5-3-2-4-6-12/h2-8,11,16H,9-10H2,1H3. The van der Waals surface area contributed by atoms with Crippen LogP contribution >= 0.6 is 0 Å². The van der Waals surface area contributed by atoms with Crippen LogP contribution in [0.4, 0.5) is 11.4 Å². The average Bonchev–Trinajstić information content (AvgIpc) is 2.60. The highest BCUT2D eigenvalue weighted by Gasteiger charge is 2.36. The number of carbonyl (C=O) groups is 1. The van der Waals surface area contributed by atoms with E-state index in [2.05, 4.69) is 0 Å². The first kappa shape index (κ1) is 15.9. The Hall–Kier alpha value is -2.93. The van der Waals surface area contributed by atoms with Crippen LogP contribution in [0.3, 0.4) is 0 Å². The molecule has 0 spiro atoms. The maximum Gasteiger partial charge on any atom is 0.273 e. The van der Waals surface area contributed by atoms with Gasteiger partial charge in [0, 0.05) is 25.3 Å². The van der Waals surface area contributed by atoms with Crippen molar-refractivity contribution >= 4 is 17.3 Å². The number of benzene rings is 2. The van der Waals surface area contributed by atoms with Crippen LogP contribution in [0.15, 0.2) is 48.5 Å². The summed E-state index contributed by atoms with van der Waals surface area (Å²) in [4.78, 5) is 24.9. The minimum Gasteiger partial charge on any atom is -0.473 e. The van der Waals surface area contributed by atoms with Crippen LogP contribution in [-0.2, 0) is 9.53 Å². The number of ether oxygens (including phenoxy) is 2. The molecule has 0 fully saturated rings.